The molecule has 0 saturated heterocycles. The molecule has 1 rings (SSSR count). The van der Waals surface area contributed by atoms with Gasteiger partial charge in [0.25, 0.3) is 11.6 Å². The molecule has 0 radical (unpaired) electrons. The lowest BCUT2D eigenvalue weighted by Crippen LogP contribution is -2.25. The first-order valence-corrected chi connectivity index (χ1v) is 6.01. The van der Waals surface area contributed by atoms with Gasteiger partial charge in [0.1, 0.15) is 16.9 Å². The van der Waals surface area contributed by atoms with Crippen LogP contribution in [0.4, 0.5) is 5.69 Å². The van der Waals surface area contributed by atoms with E-state index >= 15 is 0 Å². The zero-order valence-corrected chi connectivity index (χ0v) is 11.1. The molecule has 8 heteroatoms. The lowest BCUT2D eigenvalue weighted by molar-refractivity contribution is -0.385. The summed E-state index contributed by atoms with van der Waals surface area (Å²) in [5, 5.41) is 13.4. The second-order valence-corrected chi connectivity index (χ2v) is 4.12. The van der Waals surface area contributed by atoms with Crippen molar-refractivity contribution in [3.05, 3.63) is 33.1 Å². The normalized spacial score (nSPS) is 10.2. The van der Waals surface area contributed by atoms with Crippen LogP contribution in [0.15, 0.2) is 12.3 Å². The van der Waals surface area contributed by atoms with Crippen molar-refractivity contribution in [3.8, 4) is 0 Å². The van der Waals surface area contributed by atoms with E-state index < -0.39 is 10.8 Å². The average Bonchev–Trinajstić information content (AvgIpc) is 2.37. The van der Waals surface area contributed by atoms with Gasteiger partial charge < -0.3 is 10.1 Å². The Hall–Kier alpha value is -1.73. The summed E-state index contributed by atoms with van der Waals surface area (Å²) in [5.41, 5.74) is -0.449. The molecule has 0 aliphatic heterocycles. The van der Waals surface area contributed by atoms with E-state index in [9.17, 15) is 14.9 Å². The van der Waals surface area contributed by atoms with Crippen molar-refractivity contribution >= 4 is 23.2 Å². The maximum atomic E-state index is 11.8. The van der Waals surface area contributed by atoms with Crippen LogP contribution in [0, 0.1) is 10.1 Å². The second-order valence-electron chi connectivity index (χ2n) is 3.74. The quantitative estimate of drug-likeness (QED) is 0.357. The van der Waals surface area contributed by atoms with Crippen molar-refractivity contribution in [1.29, 1.82) is 0 Å². The van der Waals surface area contributed by atoms with Crippen molar-refractivity contribution in [1.82, 2.24) is 10.3 Å². The Morgan fingerprint density at radius 3 is 2.95 bits per heavy atom. The second kappa shape index (κ2) is 7.65. The van der Waals surface area contributed by atoms with Crippen LogP contribution >= 0.6 is 11.6 Å². The van der Waals surface area contributed by atoms with E-state index in [1.165, 1.54) is 6.07 Å². The Balaban J connectivity index is 2.65. The van der Waals surface area contributed by atoms with Crippen LogP contribution < -0.4 is 5.32 Å². The maximum Gasteiger partial charge on any atom is 0.300 e. The van der Waals surface area contributed by atoms with Gasteiger partial charge in [0, 0.05) is 20.3 Å². The number of nitro groups is 1. The number of methoxy groups -OCH3 is 1. The molecule has 0 aliphatic rings. The lowest BCUT2D eigenvalue weighted by atomic mass is 10.2. The molecule has 0 unspecified atom stereocenters. The Labute approximate surface area is 115 Å². The molecule has 104 valence electrons. The maximum absolute atomic E-state index is 11.8. The SMILES string of the molecule is COCCCCNC(=O)c1cc(Cl)ncc1[N+](=O)[O-]. The Morgan fingerprint density at radius 1 is 1.58 bits per heavy atom. The van der Waals surface area contributed by atoms with Crippen LogP contribution in [-0.2, 0) is 4.74 Å². The van der Waals surface area contributed by atoms with Gasteiger partial charge in [0.2, 0.25) is 0 Å². The topological polar surface area (TPSA) is 94.4 Å². The summed E-state index contributed by atoms with van der Waals surface area (Å²) < 4.78 is 4.87. The molecule has 1 N–H and O–H groups in total. The van der Waals surface area contributed by atoms with Gasteiger partial charge in [0.15, 0.2) is 0 Å². The molecule has 0 aromatic carbocycles. The number of pyridine rings is 1. The number of hydrogen-bond donors (Lipinski definition) is 1. The van der Waals surface area contributed by atoms with E-state index in [1.54, 1.807) is 7.11 Å². The summed E-state index contributed by atoms with van der Waals surface area (Å²) in [6.07, 6.45) is 2.50. The highest BCUT2D eigenvalue weighted by Gasteiger charge is 2.20. The number of nitrogens with zero attached hydrogens (tertiary/aromatic N) is 2. The molecule has 1 aromatic heterocycles. The number of aromatic nitrogens is 1. The van der Waals surface area contributed by atoms with Gasteiger partial charge in [-0.05, 0) is 18.9 Å². The molecule has 0 fully saturated rings. The fourth-order valence-corrected chi connectivity index (χ4v) is 1.58. The molecule has 19 heavy (non-hydrogen) atoms. The van der Waals surface area contributed by atoms with Crippen LogP contribution in [-0.4, -0.2) is 36.1 Å². The number of amides is 1. The van der Waals surface area contributed by atoms with Crippen molar-refractivity contribution in [2.24, 2.45) is 0 Å². The first-order valence-electron chi connectivity index (χ1n) is 5.63. The first kappa shape index (κ1) is 15.3. The Morgan fingerprint density at radius 2 is 2.32 bits per heavy atom. The summed E-state index contributed by atoms with van der Waals surface area (Å²) >= 11 is 5.64. The van der Waals surface area contributed by atoms with E-state index in [4.69, 9.17) is 16.3 Å². The van der Waals surface area contributed by atoms with Crippen LogP contribution in [0.2, 0.25) is 5.15 Å². The zero-order valence-electron chi connectivity index (χ0n) is 10.4. The minimum absolute atomic E-state index is 0.0372. The highest BCUT2D eigenvalue weighted by atomic mass is 35.5. The molecular formula is C11H14ClN3O4. The van der Waals surface area contributed by atoms with Gasteiger partial charge in [-0.3, -0.25) is 14.9 Å². The fraction of sp³-hybridized carbons (Fsp3) is 0.455. The zero-order chi connectivity index (χ0) is 14.3. The van der Waals surface area contributed by atoms with Gasteiger partial charge in [-0.2, -0.15) is 0 Å². The fourth-order valence-electron chi connectivity index (χ4n) is 1.42. The number of nitrogens with one attached hydrogen (secondary N) is 1. The van der Waals surface area contributed by atoms with Crippen molar-refractivity contribution in [3.63, 3.8) is 0 Å². The number of carbonyl (C=O) groups excluding carboxylic acids is 1. The van der Waals surface area contributed by atoms with E-state index in [0.29, 0.717) is 13.2 Å². The van der Waals surface area contributed by atoms with Crippen LogP contribution in [0.25, 0.3) is 0 Å². The summed E-state index contributed by atoms with van der Waals surface area (Å²) in [4.78, 5) is 25.5. The minimum Gasteiger partial charge on any atom is -0.385 e. The van der Waals surface area contributed by atoms with E-state index in [-0.39, 0.29) is 16.4 Å². The molecule has 1 heterocycles. The van der Waals surface area contributed by atoms with Crippen molar-refractivity contribution in [2.45, 2.75) is 12.8 Å². The lowest BCUT2D eigenvalue weighted by Gasteiger charge is -2.05. The Bertz CT molecular complexity index is 467. The summed E-state index contributed by atoms with van der Waals surface area (Å²) in [5.74, 6) is -0.534. The number of carbonyl (C=O) groups is 1. The van der Waals surface area contributed by atoms with Crippen LogP contribution in [0.5, 0.6) is 0 Å². The number of ether oxygens (including phenoxy) is 1. The third-order valence-corrected chi connectivity index (χ3v) is 2.56. The molecule has 7 nitrogen and oxygen atoms in total. The first-order chi connectivity index (χ1) is 9.06. The molecule has 1 amide bonds. The van der Waals surface area contributed by atoms with Crippen molar-refractivity contribution < 1.29 is 14.5 Å². The smallest absolute Gasteiger partial charge is 0.300 e. The van der Waals surface area contributed by atoms with E-state index in [2.05, 4.69) is 10.3 Å². The van der Waals surface area contributed by atoms with Crippen LogP contribution in [0.3, 0.4) is 0 Å². The molecule has 1 aromatic rings. The molecule has 0 spiro atoms. The summed E-state index contributed by atoms with van der Waals surface area (Å²) in [7, 11) is 1.60. The molecule has 0 aliphatic carbocycles. The highest BCUT2D eigenvalue weighted by molar-refractivity contribution is 6.29. The van der Waals surface area contributed by atoms with Gasteiger partial charge in [-0.15, -0.1) is 0 Å². The predicted octanol–water partition coefficient (Wildman–Crippen LogP) is 1.80. The third-order valence-electron chi connectivity index (χ3n) is 2.35. The third kappa shape index (κ3) is 4.80. The van der Waals surface area contributed by atoms with E-state index in [0.717, 1.165) is 19.0 Å². The summed E-state index contributed by atoms with van der Waals surface area (Å²) in [6.45, 7) is 1.02. The molecular weight excluding hydrogens is 274 g/mol. The van der Waals surface area contributed by atoms with Gasteiger partial charge in [-0.25, -0.2) is 4.98 Å². The Kier molecular flexibility index (Phi) is 6.17. The summed E-state index contributed by atoms with van der Waals surface area (Å²) in [6, 6.07) is 1.18. The number of hydrogen-bond acceptors (Lipinski definition) is 5. The number of halogens is 1. The number of rotatable bonds is 7. The van der Waals surface area contributed by atoms with Crippen LogP contribution in [0.1, 0.15) is 23.2 Å². The molecule has 0 atom stereocenters. The monoisotopic (exact) mass is 287 g/mol. The van der Waals surface area contributed by atoms with Gasteiger partial charge in [0.05, 0.1) is 4.92 Å². The van der Waals surface area contributed by atoms with E-state index in [1.807, 2.05) is 0 Å². The predicted molar refractivity (Wildman–Crippen MR) is 69.3 cm³/mol. The average molecular weight is 288 g/mol. The molecule has 0 saturated carbocycles. The standard InChI is InChI=1S/C11H14ClN3O4/c1-19-5-3-2-4-13-11(16)8-6-10(12)14-7-9(8)15(17)18/h6-7H,2-5H2,1H3,(H,13,16). The number of unbranched alkanes of at least 4 members (excludes halogenated alkanes) is 1. The largest absolute Gasteiger partial charge is 0.385 e. The highest BCUT2D eigenvalue weighted by Crippen LogP contribution is 2.20. The van der Waals surface area contributed by atoms with Gasteiger partial charge in [-0.1, -0.05) is 11.6 Å². The van der Waals surface area contributed by atoms with Crippen molar-refractivity contribution in [2.75, 3.05) is 20.3 Å². The minimum atomic E-state index is -0.664. The van der Waals surface area contributed by atoms with Gasteiger partial charge >= 0.3 is 0 Å². The molecule has 0 bridgehead atoms.